The molecule has 0 amide bonds. The predicted molar refractivity (Wildman–Crippen MR) is 354 cm³/mol. The van der Waals surface area contributed by atoms with E-state index in [0.717, 1.165) is 83.6 Å². The van der Waals surface area contributed by atoms with Crippen molar-refractivity contribution in [2.45, 2.75) is 10.8 Å². The number of rotatable bonds is 10. The van der Waals surface area contributed by atoms with Gasteiger partial charge in [-0.05, 0) is 125 Å². The molecule has 0 aliphatic heterocycles. The molecule has 406 valence electrons. The van der Waals surface area contributed by atoms with Gasteiger partial charge in [0.1, 0.15) is 5.52 Å². The lowest BCUT2D eigenvalue weighted by atomic mass is 9.67. The molecule has 0 atom stereocenters. The average Bonchev–Trinajstić information content (AvgIpc) is 1.61. The van der Waals surface area contributed by atoms with Crippen molar-refractivity contribution in [1.29, 1.82) is 0 Å². The Labute approximate surface area is 505 Å². The monoisotopic (exact) mass is 1110 g/mol. The van der Waals surface area contributed by atoms with Gasteiger partial charge in [-0.2, -0.15) is 0 Å². The van der Waals surface area contributed by atoms with Crippen LogP contribution in [0.25, 0.3) is 112 Å². The van der Waals surface area contributed by atoms with E-state index in [-0.39, 0.29) is 0 Å². The summed E-state index contributed by atoms with van der Waals surface area (Å²) in [7, 11) is 0. The number of para-hydroxylation sites is 2. The van der Waals surface area contributed by atoms with Crippen molar-refractivity contribution in [3.63, 3.8) is 0 Å². The third-order valence-electron chi connectivity index (χ3n) is 18.3. The molecule has 0 saturated carbocycles. The SMILES string of the molecule is c1ccc(-c2nc3c(-c4ccc5c(c4)C(c4ccccc4)(c4ccccc4)c4ccccc4-5)ccc(-c4ccc5c(c4)C(c4ccccc4)(c4ccccc4)c4ccccc4-5)c3nc2-c2ccc(-c3ccc(-c4nc5ccccc5o4)cc3)cc2)cc1. The van der Waals surface area contributed by atoms with E-state index < -0.39 is 10.8 Å². The van der Waals surface area contributed by atoms with Crippen molar-refractivity contribution in [3.8, 4) is 89.6 Å². The molecule has 0 radical (unpaired) electrons. The lowest BCUT2D eigenvalue weighted by Crippen LogP contribution is -2.28. The van der Waals surface area contributed by atoms with Crippen molar-refractivity contribution in [3.05, 3.63) is 366 Å². The van der Waals surface area contributed by atoms with E-state index in [2.05, 4.69) is 297 Å². The number of hydrogen-bond donors (Lipinski definition) is 0. The lowest BCUT2D eigenvalue weighted by Gasteiger charge is -2.34. The van der Waals surface area contributed by atoms with Crippen LogP contribution in [0.4, 0.5) is 0 Å². The fourth-order valence-electron chi connectivity index (χ4n) is 14.4. The maximum Gasteiger partial charge on any atom is 0.227 e. The van der Waals surface area contributed by atoms with Crippen molar-refractivity contribution in [2.24, 2.45) is 0 Å². The average molecular weight is 1110 g/mol. The van der Waals surface area contributed by atoms with Gasteiger partial charge < -0.3 is 4.42 Å². The summed E-state index contributed by atoms with van der Waals surface area (Å²) >= 11 is 0. The summed E-state index contributed by atoms with van der Waals surface area (Å²) in [6, 6.07) is 116. The molecular formula is C83H53N3O. The first kappa shape index (κ1) is 50.2. The Hall–Kier alpha value is -11.3. The minimum Gasteiger partial charge on any atom is -0.436 e. The quantitative estimate of drug-likeness (QED) is 0.137. The number of benzene rings is 13. The van der Waals surface area contributed by atoms with Gasteiger partial charge in [0.25, 0.3) is 0 Å². The van der Waals surface area contributed by atoms with Gasteiger partial charge in [0.05, 0.1) is 33.3 Å². The van der Waals surface area contributed by atoms with Crippen LogP contribution in [-0.4, -0.2) is 15.0 Å². The third-order valence-corrected chi connectivity index (χ3v) is 18.3. The Morgan fingerprint density at radius 2 is 0.563 bits per heavy atom. The highest BCUT2D eigenvalue weighted by atomic mass is 16.3. The standard InChI is InChI=1S/C83H53N3O/c1-6-22-56(23-7-1)77-78(57-42-38-54(39-43-57)55-40-44-58(45-41-55)81-84-75-36-20-21-37-76(75)87-81)86-80-66(60-47-49-70-68-33-17-19-35-72(68)83(74(70)53-60,63-28-12-4-13-29-63)64-30-14-5-15-31-64)51-50-65(79(80)85-77)59-46-48-69-67-32-16-18-34-71(67)82(73(69)52-59,61-24-8-2-9-25-61)62-26-10-3-11-27-62/h1-53H. The molecule has 0 N–H and O–H groups in total. The van der Waals surface area contributed by atoms with E-state index in [4.69, 9.17) is 19.4 Å². The molecule has 2 aromatic heterocycles. The zero-order valence-electron chi connectivity index (χ0n) is 47.3. The Morgan fingerprint density at radius 1 is 0.230 bits per heavy atom. The third kappa shape index (κ3) is 7.81. The highest BCUT2D eigenvalue weighted by molar-refractivity contribution is 6.04. The first-order chi connectivity index (χ1) is 43.1. The van der Waals surface area contributed by atoms with E-state index in [9.17, 15) is 0 Å². The largest absolute Gasteiger partial charge is 0.436 e. The molecule has 2 heterocycles. The van der Waals surface area contributed by atoms with Crippen LogP contribution in [0.15, 0.2) is 326 Å². The Kier molecular flexibility index (Phi) is 11.7. The zero-order valence-corrected chi connectivity index (χ0v) is 47.3. The van der Waals surface area contributed by atoms with Gasteiger partial charge in [-0.25, -0.2) is 15.0 Å². The maximum atomic E-state index is 6.14. The fraction of sp³-hybridized carbons (Fsp3) is 0.0241. The van der Waals surface area contributed by atoms with Crippen LogP contribution in [-0.2, 0) is 10.8 Å². The topological polar surface area (TPSA) is 51.8 Å². The molecule has 0 unspecified atom stereocenters. The smallest absolute Gasteiger partial charge is 0.227 e. The highest BCUT2D eigenvalue weighted by Crippen LogP contribution is 2.59. The summed E-state index contributed by atoms with van der Waals surface area (Å²) in [6.07, 6.45) is 0. The van der Waals surface area contributed by atoms with Gasteiger partial charge in [0.2, 0.25) is 5.89 Å². The molecule has 87 heavy (non-hydrogen) atoms. The number of hydrogen-bond acceptors (Lipinski definition) is 4. The molecule has 0 fully saturated rings. The summed E-state index contributed by atoms with van der Waals surface area (Å²) in [5.41, 5.74) is 27.7. The van der Waals surface area contributed by atoms with Gasteiger partial charge in [-0.3, -0.25) is 0 Å². The van der Waals surface area contributed by atoms with E-state index >= 15 is 0 Å². The molecule has 0 spiro atoms. The first-order valence-electron chi connectivity index (χ1n) is 29.8. The maximum absolute atomic E-state index is 6.14. The Bertz CT molecular complexity index is 5010. The van der Waals surface area contributed by atoms with Crippen LogP contribution in [0.1, 0.15) is 44.5 Å². The molecule has 2 aliphatic carbocycles. The molecule has 0 bridgehead atoms. The van der Waals surface area contributed by atoms with Crippen LogP contribution in [0, 0.1) is 0 Å². The van der Waals surface area contributed by atoms with Gasteiger partial charge in [-0.1, -0.05) is 285 Å². The number of nitrogens with zero attached hydrogens (tertiary/aromatic N) is 3. The van der Waals surface area contributed by atoms with Crippen molar-refractivity contribution in [2.75, 3.05) is 0 Å². The van der Waals surface area contributed by atoms with Gasteiger partial charge >= 0.3 is 0 Å². The molecule has 17 rings (SSSR count). The molecular weight excluding hydrogens is 1050 g/mol. The van der Waals surface area contributed by atoms with Gasteiger partial charge in [-0.15, -0.1) is 0 Å². The van der Waals surface area contributed by atoms with E-state index in [1.54, 1.807) is 0 Å². The minimum atomic E-state index is -0.587. The van der Waals surface area contributed by atoms with E-state index in [1.807, 2.05) is 24.3 Å². The Balaban J connectivity index is 0.892. The number of oxazole rings is 1. The van der Waals surface area contributed by atoms with E-state index in [0.29, 0.717) is 5.89 Å². The molecule has 2 aliphatic rings. The second-order valence-corrected chi connectivity index (χ2v) is 22.9. The van der Waals surface area contributed by atoms with Crippen LogP contribution in [0.5, 0.6) is 0 Å². The fourth-order valence-corrected chi connectivity index (χ4v) is 14.4. The highest BCUT2D eigenvalue weighted by Gasteiger charge is 2.48. The van der Waals surface area contributed by atoms with Crippen LogP contribution >= 0.6 is 0 Å². The second kappa shape index (κ2) is 20.2. The van der Waals surface area contributed by atoms with Crippen molar-refractivity contribution < 1.29 is 4.42 Å². The normalized spacial score (nSPS) is 13.2. The summed E-state index contributed by atoms with van der Waals surface area (Å²) in [5.74, 6) is 0.606. The molecule has 4 heteroatoms. The minimum absolute atomic E-state index is 0.583. The first-order valence-corrected chi connectivity index (χ1v) is 29.8. The summed E-state index contributed by atoms with van der Waals surface area (Å²) < 4.78 is 6.14. The van der Waals surface area contributed by atoms with Gasteiger partial charge in [0, 0.05) is 27.8 Å². The van der Waals surface area contributed by atoms with Crippen LogP contribution in [0.2, 0.25) is 0 Å². The summed E-state index contributed by atoms with van der Waals surface area (Å²) in [4.78, 5) is 16.7. The summed E-state index contributed by atoms with van der Waals surface area (Å²) in [5, 5.41) is 0. The zero-order chi connectivity index (χ0) is 57.5. The molecule has 4 nitrogen and oxygen atoms in total. The predicted octanol–water partition coefficient (Wildman–Crippen LogP) is 20.5. The number of aromatic nitrogens is 3. The van der Waals surface area contributed by atoms with Crippen molar-refractivity contribution in [1.82, 2.24) is 15.0 Å². The molecule has 15 aromatic rings. The molecule has 13 aromatic carbocycles. The van der Waals surface area contributed by atoms with E-state index in [1.165, 1.54) is 66.8 Å². The lowest BCUT2D eigenvalue weighted by molar-refractivity contribution is 0.620. The second-order valence-electron chi connectivity index (χ2n) is 22.9. The Morgan fingerprint density at radius 3 is 1.01 bits per heavy atom. The van der Waals surface area contributed by atoms with Crippen LogP contribution < -0.4 is 0 Å². The number of fused-ring (bicyclic) bond motifs is 8. The van der Waals surface area contributed by atoms with Crippen molar-refractivity contribution >= 4 is 22.1 Å². The summed E-state index contributed by atoms with van der Waals surface area (Å²) in [6.45, 7) is 0. The molecule has 0 saturated heterocycles. The van der Waals surface area contributed by atoms with Crippen LogP contribution in [0.3, 0.4) is 0 Å². The van der Waals surface area contributed by atoms with Gasteiger partial charge in [0.15, 0.2) is 5.58 Å².